The van der Waals surface area contributed by atoms with Gasteiger partial charge in [-0.1, -0.05) is 30.0 Å². The van der Waals surface area contributed by atoms with E-state index in [0.29, 0.717) is 32.0 Å². The van der Waals surface area contributed by atoms with Crippen LogP contribution in [0.1, 0.15) is 0 Å². The Hall–Kier alpha value is -2.47. The first kappa shape index (κ1) is 23.3. The largest absolute Gasteiger partial charge is 0.352 e. The standard InChI is InChI=1S/C22H24ClFN6O2S2/c1-34(31,32)10-8-25-7-9-29-12-16-19(30(29)23)17(24)11-15-18-21(28-14-5-3-2-4-6-14)26-13-27-22(18)33-20(15)16/h2-6,11-12,20,25-26,28H,7-10,13H2,1H3. The average molecular weight is 523 g/mol. The Morgan fingerprint density at radius 3 is 2.82 bits per heavy atom. The number of thioether (sulfide) groups is 1. The fraction of sp³-hybridized carbons (Fsp3) is 0.318. The molecule has 0 saturated carbocycles. The third-order valence-corrected chi connectivity index (χ3v) is 8.32. The Kier molecular flexibility index (Phi) is 6.36. The first-order chi connectivity index (χ1) is 16.3. The summed E-state index contributed by atoms with van der Waals surface area (Å²) in [6.45, 7) is 1.76. The SMILES string of the molecule is CS(=O)(=O)CCNCCN1C=C2C(=C(F)C=C3C4=C(Nc5ccccc5)NCN=C4SC32)N1Cl. The number of hydrazine groups is 1. The summed E-state index contributed by atoms with van der Waals surface area (Å²) in [7, 11) is -3.02. The van der Waals surface area contributed by atoms with Crippen LogP contribution in [0.3, 0.4) is 0 Å². The number of nitrogens with zero attached hydrogens (tertiary/aromatic N) is 3. The zero-order valence-electron chi connectivity index (χ0n) is 18.4. The van der Waals surface area contributed by atoms with E-state index in [1.165, 1.54) is 10.8 Å². The zero-order valence-corrected chi connectivity index (χ0v) is 20.8. The summed E-state index contributed by atoms with van der Waals surface area (Å²) in [5, 5.41) is 12.3. The molecule has 12 heteroatoms. The minimum absolute atomic E-state index is 0.0645. The number of para-hydroxylation sites is 1. The maximum atomic E-state index is 15.3. The van der Waals surface area contributed by atoms with E-state index in [0.717, 1.165) is 33.3 Å². The van der Waals surface area contributed by atoms with E-state index in [9.17, 15) is 8.42 Å². The van der Waals surface area contributed by atoms with Crippen LogP contribution in [0.5, 0.6) is 0 Å². The molecule has 3 aliphatic heterocycles. The number of allylic oxidation sites excluding steroid dienone is 3. The second kappa shape index (κ2) is 9.29. The molecule has 0 spiro atoms. The summed E-state index contributed by atoms with van der Waals surface area (Å²) in [5.41, 5.74) is 3.78. The number of rotatable bonds is 8. The third kappa shape index (κ3) is 4.57. The molecule has 1 fully saturated rings. The molecule has 3 heterocycles. The molecule has 3 N–H and O–H groups in total. The van der Waals surface area contributed by atoms with Gasteiger partial charge in [0.25, 0.3) is 0 Å². The Balaban J connectivity index is 1.37. The molecule has 8 nitrogen and oxygen atoms in total. The van der Waals surface area contributed by atoms with E-state index in [1.807, 2.05) is 36.5 Å². The number of anilines is 1. The van der Waals surface area contributed by atoms with Crippen molar-refractivity contribution in [2.75, 3.05) is 43.6 Å². The van der Waals surface area contributed by atoms with Crippen molar-refractivity contribution < 1.29 is 12.8 Å². The number of aliphatic imine (C=N–C) groups is 1. The van der Waals surface area contributed by atoms with Gasteiger partial charge in [0.05, 0.1) is 23.1 Å². The minimum Gasteiger partial charge on any atom is -0.352 e. The van der Waals surface area contributed by atoms with Crippen LogP contribution in [0.15, 0.2) is 81.7 Å². The number of benzene rings is 1. The van der Waals surface area contributed by atoms with Crippen molar-refractivity contribution in [1.82, 2.24) is 20.2 Å². The minimum atomic E-state index is -3.02. The fourth-order valence-corrected chi connectivity index (χ4v) is 6.27. The molecule has 34 heavy (non-hydrogen) atoms. The lowest BCUT2D eigenvalue weighted by Crippen LogP contribution is -2.35. The van der Waals surface area contributed by atoms with Crippen molar-refractivity contribution in [3.05, 3.63) is 76.7 Å². The van der Waals surface area contributed by atoms with Crippen molar-refractivity contribution in [2.24, 2.45) is 4.99 Å². The maximum Gasteiger partial charge on any atom is 0.150 e. The Bertz CT molecular complexity index is 1260. The first-order valence-electron chi connectivity index (χ1n) is 10.8. The van der Waals surface area contributed by atoms with Crippen LogP contribution in [-0.4, -0.2) is 66.6 Å². The quantitative estimate of drug-likeness (QED) is 0.355. The highest BCUT2D eigenvalue weighted by Crippen LogP contribution is 2.52. The average Bonchev–Trinajstić information content (AvgIpc) is 3.32. The smallest absolute Gasteiger partial charge is 0.150 e. The van der Waals surface area contributed by atoms with Crippen molar-refractivity contribution in [3.63, 3.8) is 0 Å². The van der Waals surface area contributed by atoms with Gasteiger partial charge in [-0.2, -0.15) is 4.53 Å². The van der Waals surface area contributed by atoms with Crippen molar-refractivity contribution >= 4 is 44.1 Å². The predicted molar refractivity (Wildman–Crippen MR) is 135 cm³/mol. The zero-order chi connectivity index (χ0) is 23.9. The Labute approximate surface area is 207 Å². The van der Waals surface area contributed by atoms with Gasteiger partial charge in [0, 0.05) is 48.6 Å². The fourth-order valence-electron chi connectivity index (χ4n) is 4.15. The highest BCUT2D eigenvalue weighted by Gasteiger charge is 2.45. The molecule has 0 amide bonds. The Morgan fingerprint density at radius 2 is 2.06 bits per heavy atom. The van der Waals surface area contributed by atoms with Crippen LogP contribution >= 0.6 is 23.5 Å². The molecule has 180 valence electrons. The van der Waals surface area contributed by atoms with Crippen LogP contribution in [0.25, 0.3) is 0 Å². The molecule has 0 bridgehead atoms. The molecular formula is C22H24ClFN6O2S2. The molecule has 0 aromatic heterocycles. The van der Waals surface area contributed by atoms with E-state index in [2.05, 4.69) is 20.9 Å². The molecule has 4 aliphatic rings. The summed E-state index contributed by atoms with van der Waals surface area (Å²) in [6.07, 6.45) is 4.61. The number of nitrogens with one attached hydrogen (secondary N) is 3. The van der Waals surface area contributed by atoms with Crippen molar-refractivity contribution in [1.29, 1.82) is 0 Å². The summed E-state index contributed by atoms with van der Waals surface area (Å²) >= 11 is 8.08. The molecule has 1 aromatic carbocycles. The molecular weight excluding hydrogens is 499 g/mol. The molecule has 1 aromatic rings. The molecule has 1 saturated heterocycles. The number of sulfone groups is 1. The molecule has 1 aliphatic carbocycles. The Morgan fingerprint density at radius 1 is 1.26 bits per heavy atom. The first-order valence-corrected chi connectivity index (χ1v) is 14.1. The summed E-state index contributed by atoms with van der Waals surface area (Å²) in [5.74, 6) is 0.468. The van der Waals surface area contributed by atoms with E-state index >= 15 is 4.39 Å². The number of hydrogen-bond acceptors (Lipinski definition) is 9. The second-order valence-corrected chi connectivity index (χ2v) is 11.9. The highest BCUT2D eigenvalue weighted by atomic mass is 35.5. The summed E-state index contributed by atoms with van der Waals surface area (Å²) in [6, 6.07) is 9.81. The number of halogens is 2. The molecule has 1 atom stereocenters. The second-order valence-electron chi connectivity index (χ2n) is 8.22. The normalized spacial score (nSPS) is 21.5. The lowest BCUT2D eigenvalue weighted by atomic mass is 9.92. The van der Waals surface area contributed by atoms with E-state index < -0.39 is 15.7 Å². The molecule has 0 radical (unpaired) electrons. The van der Waals surface area contributed by atoms with Crippen LogP contribution in [0.4, 0.5) is 10.1 Å². The van der Waals surface area contributed by atoms with Gasteiger partial charge in [0.15, 0.2) is 5.83 Å². The summed E-state index contributed by atoms with van der Waals surface area (Å²) < 4.78 is 39.2. The van der Waals surface area contributed by atoms with Crippen LogP contribution in [0, 0.1) is 0 Å². The lowest BCUT2D eigenvalue weighted by Gasteiger charge is -2.26. The highest BCUT2D eigenvalue weighted by molar-refractivity contribution is 8.16. The van der Waals surface area contributed by atoms with Gasteiger partial charge in [0.1, 0.15) is 33.1 Å². The van der Waals surface area contributed by atoms with Crippen LogP contribution < -0.4 is 16.0 Å². The molecule has 5 rings (SSSR count). The van der Waals surface area contributed by atoms with Gasteiger partial charge in [-0.15, -0.1) is 0 Å². The van der Waals surface area contributed by atoms with Gasteiger partial charge in [0.2, 0.25) is 0 Å². The maximum absolute atomic E-state index is 15.3. The monoisotopic (exact) mass is 522 g/mol. The van der Waals surface area contributed by atoms with E-state index in [1.54, 1.807) is 22.8 Å². The van der Waals surface area contributed by atoms with Crippen LogP contribution in [0.2, 0.25) is 0 Å². The van der Waals surface area contributed by atoms with Gasteiger partial charge in [-0.25, -0.2) is 12.8 Å². The topological polar surface area (TPSA) is 89.1 Å². The van der Waals surface area contributed by atoms with Crippen LogP contribution in [-0.2, 0) is 9.84 Å². The van der Waals surface area contributed by atoms with Gasteiger partial charge >= 0.3 is 0 Å². The molecule has 1 unspecified atom stereocenters. The number of fused-ring (bicyclic) bond motifs is 5. The van der Waals surface area contributed by atoms with E-state index in [4.69, 9.17) is 11.8 Å². The van der Waals surface area contributed by atoms with Crippen molar-refractivity contribution in [2.45, 2.75) is 5.25 Å². The third-order valence-electron chi connectivity index (χ3n) is 5.72. The van der Waals surface area contributed by atoms with E-state index in [-0.39, 0.29) is 11.0 Å². The lowest BCUT2D eigenvalue weighted by molar-refractivity contribution is 0.183. The summed E-state index contributed by atoms with van der Waals surface area (Å²) in [4.78, 5) is 4.62. The number of hydrogen-bond donors (Lipinski definition) is 3. The van der Waals surface area contributed by atoms with Gasteiger partial charge in [-0.05, 0) is 23.8 Å². The predicted octanol–water partition coefficient (Wildman–Crippen LogP) is 2.71. The van der Waals surface area contributed by atoms with Gasteiger partial charge in [-0.3, -0.25) is 10.0 Å². The van der Waals surface area contributed by atoms with Gasteiger partial charge < -0.3 is 16.0 Å². The van der Waals surface area contributed by atoms with Crippen molar-refractivity contribution in [3.8, 4) is 0 Å².